The van der Waals surface area contributed by atoms with Crippen molar-refractivity contribution in [2.75, 3.05) is 11.9 Å². The third-order valence-electron chi connectivity index (χ3n) is 3.00. The number of phenols is 1. The van der Waals surface area contributed by atoms with Crippen LogP contribution >= 0.6 is 0 Å². The Morgan fingerprint density at radius 2 is 1.90 bits per heavy atom. The Bertz CT molecular complexity index is 627. The number of nitrogens with one attached hydrogen (secondary N) is 2. The van der Waals surface area contributed by atoms with Gasteiger partial charge >= 0.3 is 0 Å². The van der Waals surface area contributed by atoms with E-state index in [0.29, 0.717) is 5.69 Å². The minimum atomic E-state index is -0.586. The van der Waals surface area contributed by atoms with Crippen molar-refractivity contribution in [1.82, 2.24) is 5.32 Å². The van der Waals surface area contributed by atoms with Gasteiger partial charge in [-0.2, -0.15) is 0 Å². The Balaban J connectivity index is 2.05. The van der Waals surface area contributed by atoms with E-state index in [1.54, 1.807) is 12.1 Å². The molecule has 5 heteroatoms. The van der Waals surface area contributed by atoms with Gasteiger partial charge in [-0.15, -0.1) is 0 Å². The smallest absolute Gasteiger partial charge is 0.259 e. The zero-order valence-corrected chi connectivity index (χ0v) is 11.7. The molecule has 1 amide bonds. The lowest BCUT2D eigenvalue weighted by Crippen LogP contribution is -2.13. The number of halogens is 1. The van der Waals surface area contributed by atoms with E-state index in [4.69, 9.17) is 0 Å². The molecule has 0 heterocycles. The molecule has 0 bridgehead atoms. The molecule has 0 saturated heterocycles. The minimum absolute atomic E-state index is 0.0353. The summed E-state index contributed by atoms with van der Waals surface area (Å²) in [5.41, 5.74) is 1.76. The number of anilines is 1. The topological polar surface area (TPSA) is 61.4 Å². The largest absolute Gasteiger partial charge is 0.507 e. The van der Waals surface area contributed by atoms with E-state index in [0.717, 1.165) is 30.8 Å². The van der Waals surface area contributed by atoms with Crippen LogP contribution in [0.2, 0.25) is 0 Å². The van der Waals surface area contributed by atoms with Crippen molar-refractivity contribution in [2.45, 2.75) is 13.5 Å². The second-order valence-corrected chi connectivity index (χ2v) is 4.59. The summed E-state index contributed by atoms with van der Waals surface area (Å²) in [6.45, 7) is 3.69. The van der Waals surface area contributed by atoms with Crippen molar-refractivity contribution < 1.29 is 14.3 Å². The summed E-state index contributed by atoms with van der Waals surface area (Å²) >= 11 is 0. The average Bonchev–Trinajstić information content (AvgIpc) is 2.46. The molecule has 0 atom stereocenters. The zero-order valence-electron chi connectivity index (χ0n) is 11.7. The van der Waals surface area contributed by atoms with Gasteiger partial charge in [0.25, 0.3) is 5.91 Å². The predicted octanol–water partition coefficient (Wildman–Crippen LogP) is 2.89. The lowest BCUT2D eigenvalue weighted by Gasteiger charge is -2.08. The summed E-state index contributed by atoms with van der Waals surface area (Å²) in [6, 6.07) is 10.7. The Kier molecular flexibility index (Phi) is 4.90. The van der Waals surface area contributed by atoms with Crippen LogP contribution in [-0.4, -0.2) is 17.6 Å². The van der Waals surface area contributed by atoms with Gasteiger partial charge in [-0.1, -0.05) is 19.1 Å². The van der Waals surface area contributed by atoms with Crippen LogP contribution in [-0.2, 0) is 6.54 Å². The van der Waals surface area contributed by atoms with Crippen LogP contribution in [0.3, 0.4) is 0 Å². The average molecular weight is 288 g/mol. The van der Waals surface area contributed by atoms with Gasteiger partial charge in [0, 0.05) is 18.3 Å². The predicted molar refractivity (Wildman–Crippen MR) is 79.8 cm³/mol. The van der Waals surface area contributed by atoms with Crippen LogP contribution in [0.1, 0.15) is 22.8 Å². The van der Waals surface area contributed by atoms with Crippen molar-refractivity contribution in [2.24, 2.45) is 0 Å². The molecule has 0 aromatic heterocycles. The van der Waals surface area contributed by atoms with E-state index in [-0.39, 0.29) is 11.3 Å². The standard InChI is InChI=1S/C16H17FN2O2/c1-2-18-10-11-3-6-13(7-4-11)19-16(21)14-8-5-12(17)9-15(14)20/h3-9,18,20H,2,10H2,1H3,(H,19,21). The summed E-state index contributed by atoms with van der Waals surface area (Å²) in [6.07, 6.45) is 0. The fourth-order valence-electron chi connectivity index (χ4n) is 1.87. The molecule has 110 valence electrons. The van der Waals surface area contributed by atoms with E-state index in [9.17, 15) is 14.3 Å². The van der Waals surface area contributed by atoms with Gasteiger partial charge in [-0.05, 0) is 36.4 Å². The SMILES string of the molecule is CCNCc1ccc(NC(=O)c2ccc(F)cc2O)cc1. The van der Waals surface area contributed by atoms with Crippen molar-refractivity contribution in [3.05, 3.63) is 59.4 Å². The molecule has 0 aliphatic heterocycles. The third-order valence-corrected chi connectivity index (χ3v) is 3.00. The lowest BCUT2D eigenvalue weighted by molar-refractivity contribution is 0.102. The molecule has 0 fully saturated rings. The van der Waals surface area contributed by atoms with Crippen LogP contribution in [0.25, 0.3) is 0 Å². The molecule has 2 aromatic rings. The number of aromatic hydroxyl groups is 1. The Hall–Kier alpha value is -2.40. The molecule has 0 radical (unpaired) electrons. The molecular weight excluding hydrogens is 271 g/mol. The number of hydrogen-bond acceptors (Lipinski definition) is 3. The first-order valence-corrected chi connectivity index (χ1v) is 6.69. The van der Waals surface area contributed by atoms with E-state index >= 15 is 0 Å². The number of amides is 1. The highest BCUT2D eigenvalue weighted by molar-refractivity contribution is 6.06. The van der Waals surface area contributed by atoms with E-state index in [2.05, 4.69) is 10.6 Å². The van der Waals surface area contributed by atoms with Crippen LogP contribution in [0.15, 0.2) is 42.5 Å². The highest BCUT2D eigenvalue weighted by atomic mass is 19.1. The van der Waals surface area contributed by atoms with Gasteiger partial charge in [0.15, 0.2) is 0 Å². The van der Waals surface area contributed by atoms with E-state index < -0.39 is 11.7 Å². The van der Waals surface area contributed by atoms with Gasteiger partial charge in [0.05, 0.1) is 5.56 Å². The van der Waals surface area contributed by atoms with Crippen LogP contribution in [0.5, 0.6) is 5.75 Å². The quantitative estimate of drug-likeness (QED) is 0.793. The number of rotatable bonds is 5. The lowest BCUT2D eigenvalue weighted by atomic mass is 10.1. The summed E-state index contributed by atoms with van der Waals surface area (Å²) < 4.78 is 12.9. The maximum Gasteiger partial charge on any atom is 0.259 e. The molecule has 0 aliphatic carbocycles. The molecule has 2 rings (SSSR count). The fourth-order valence-corrected chi connectivity index (χ4v) is 1.87. The van der Waals surface area contributed by atoms with Crippen molar-refractivity contribution >= 4 is 11.6 Å². The Morgan fingerprint density at radius 1 is 1.19 bits per heavy atom. The summed E-state index contributed by atoms with van der Waals surface area (Å²) in [5, 5.41) is 15.4. The molecule has 0 aliphatic rings. The normalized spacial score (nSPS) is 10.4. The molecule has 21 heavy (non-hydrogen) atoms. The maximum absolute atomic E-state index is 12.9. The number of carbonyl (C=O) groups is 1. The van der Waals surface area contributed by atoms with Gasteiger partial charge < -0.3 is 15.7 Å². The summed E-state index contributed by atoms with van der Waals surface area (Å²) in [5.74, 6) is -1.44. The van der Waals surface area contributed by atoms with Gasteiger partial charge in [-0.25, -0.2) is 4.39 Å². The van der Waals surface area contributed by atoms with Gasteiger partial charge in [0.2, 0.25) is 0 Å². The first-order valence-electron chi connectivity index (χ1n) is 6.69. The van der Waals surface area contributed by atoms with E-state index in [1.807, 2.05) is 19.1 Å². The van der Waals surface area contributed by atoms with Crippen molar-refractivity contribution in [1.29, 1.82) is 0 Å². The molecule has 0 spiro atoms. The van der Waals surface area contributed by atoms with Crippen LogP contribution < -0.4 is 10.6 Å². The number of phenolic OH excluding ortho intramolecular Hbond substituents is 1. The fraction of sp³-hybridized carbons (Fsp3) is 0.188. The molecule has 0 saturated carbocycles. The monoisotopic (exact) mass is 288 g/mol. The van der Waals surface area contributed by atoms with Crippen LogP contribution in [0.4, 0.5) is 10.1 Å². The Labute approximate surface area is 122 Å². The first kappa shape index (κ1) is 15.0. The molecule has 3 N–H and O–H groups in total. The van der Waals surface area contributed by atoms with Crippen molar-refractivity contribution in [3.8, 4) is 5.75 Å². The van der Waals surface area contributed by atoms with Crippen LogP contribution in [0, 0.1) is 5.82 Å². The van der Waals surface area contributed by atoms with Crippen molar-refractivity contribution in [3.63, 3.8) is 0 Å². The number of hydrogen-bond donors (Lipinski definition) is 3. The highest BCUT2D eigenvalue weighted by Crippen LogP contribution is 2.20. The number of benzene rings is 2. The highest BCUT2D eigenvalue weighted by Gasteiger charge is 2.11. The summed E-state index contributed by atoms with van der Waals surface area (Å²) in [7, 11) is 0. The molecule has 0 unspecified atom stereocenters. The molecule has 2 aromatic carbocycles. The molecule has 4 nitrogen and oxygen atoms in total. The van der Waals surface area contributed by atoms with Gasteiger partial charge in [-0.3, -0.25) is 4.79 Å². The van der Waals surface area contributed by atoms with Gasteiger partial charge in [0.1, 0.15) is 11.6 Å². The second-order valence-electron chi connectivity index (χ2n) is 4.59. The minimum Gasteiger partial charge on any atom is -0.507 e. The number of carbonyl (C=O) groups excluding carboxylic acids is 1. The summed E-state index contributed by atoms with van der Waals surface area (Å²) in [4.78, 5) is 12.0. The zero-order chi connectivity index (χ0) is 15.2. The van der Waals surface area contributed by atoms with E-state index in [1.165, 1.54) is 6.07 Å². The maximum atomic E-state index is 12.9. The third kappa shape index (κ3) is 4.03. The second kappa shape index (κ2) is 6.85. The first-order chi connectivity index (χ1) is 10.1. The molecular formula is C16H17FN2O2. The Morgan fingerprint density at radius 3 is 2.52 bits per heavy atom.